The van der Waals surface area contributed by atoms with Crippen molar-refractivity contribution in [2.24, 2.45) is 0 Å². The van der Waals surface area contributed by atoms with Gasteiger partial charge in [0.05, 0.1) is 0 Å². The van der Waals surface area contributed by atoms with Gasteiger partial charge in [-0.3, -0.25) is 9.78 Å². The van der Waals surface area contributed by atoms with Gasteiger partial charge in [0.25, 0.3) is 5.56 Å². The summed E-state index contributed by atoms with van der Waals surface area (Å²) in [5, 5.41) is 0. The summed E-state index contributed by atoms with van der Waals surface area (Å²) < 4.78 is 4.90. The number of hydrogen-bond acceptors (Lipinski definition) is 4. The van der Waals surface area contributed by atoms with Crippen LogP contribution in [-0.2, 0) is 0 Å². The normalized spacial score (nSPS) is 10.3. The molecular formula is C11H9NO3S. The number of aromatic amines is 1. The first-order chi connectivity index (χ1) is 7.69. The maximum absolute atomic E-state index is 11.1. The number of thioether (sulfide) groups is 1. The van der Waals surface area contributed by atoms with Gasteiger partial charge in [-0.25, -0.2) is 4.79 Å². The van der Waals surface area contributed by atoms with E-state index in [1.54, 1.807) is 11.8 Å². The molecule has 0 saturated heterocycles. The lowest BCUT2D eigenvalue weighted by atomic mass is 10.2. The van der Waals surface area contributed by atoms with E-state index < -0.39 is 11.3 Å². The van der Waals surface area contributed by atoms with E-state index in [0.29, 0.717) is 5.56 Å². The summed E-state index contributed by atoms with van der Waals surface area (Å²) in [4.78, 5) is 25.2. The molecule has 0 amide bonds. The van der Waals surface area contributed by atoms with E-state index >= 15 is 0 Å². The van der Waals surface area contributed by atoms with Crippen LogP contribution in [0, 0.1) is 0 Å². The third kappa shape index (κ3) is 2.25. The van der Waals surface area contributed by atoms with Crippen LogP contribution >= 0.6 is 11.8 Å². The Bertz CT molecular complexity index is 569. The van der Waals surface area contributed by atoms with Crippen LogP contribution in [0.4, 0.5) is 0 Å². The number of rotatable bonds is 2. The number of benzene rings is 1. The fraction of sp³-hybridized carbons (Fsp3) is 0.0909. The first-order valence-corrected chi connectivity index (χ1v) is 5.80. The lowest BCUT2D eigenvalue weighted by molar-refractivity contribution is 0.494. The molecule has 4 nitrogen and oxygen atoms in total. The maximum Gasteiger partial charge on any atom is 0.419 e. The van der Waals surface area contributed by atoms with Crippen molar-refractivity contribution < 1.29 is 4.42 Å². The number of H-pyrrole nitrogens is 1. The highest BCUT2D eigenvalue weighted by Gasteiger charge is 2.02. The Labute approximate surface area is 95.3 Å². The number of aromatic nitrogens is 1. The van der Waals surface area contributed by atoms with Crippen molar-refractivity contribution in [1.29, 1.82) is 0 Å². The fourth-order valence-electron chi connectivity index (χ4n) is 1.31. The molecule has 0 aliphatic carbocycles. The molecule has 0 aliphatic heterocycles. The summed E-state index contributed by atoms with van der Waals surface area (Å²) in [6.45, 7) is 0. The van der Waals surface area contributed by atoms with Crippen molar-refractivity contribution >= 4 is 11.8 Å². The lowest BCUT2D eigenvalue weighted by Crippen LogP contribution is -2.17. The molecule has 0 saturated carbocycles. The highest BCUT2D eigenvalue weighted by Crippen LogP contribution is 2.20. The molecule has 1 aromatic carbocycles. The predicted molar refractivity (Wildman–Crippen MR) is 62.8 cm³/mol. The van der Waals surface area contributed by atoms with Gasteiger partial charge in [-0.15, -0.1) is 11.8 Å². The minimum absolute atomic E-state index is 0.279. The molecule has 0 radical (unpaired) electrons. The molecule has 0 aliphatic rings. The van der Waals surface area contributed by atoms with Gasteiger partial charge in [0, 0.05) is 16.5 Å². The smallest absolute Gasteiger partial charge is 0.409 e. The summed E-state index contributed by atoms with van der Waals surface area (Å²) >= 11 is 1.62. The monoisotopic (exact) mass is 235 g/mol. The molecule has 2 rings (SSSR count). The Kier molecular flexibility index (Phi) is 2.96. The molecule has 1 heterocycles. The van der Waals surface area contributed by atoms with Gasteiger partial charge < -0.3 is 4.42 Å². The molecule has 1 N–H and O–H groups in total. The van der Waals surface area contributed by atoms with Crippen molar-refractivity contribution in [3.8, 4) is 11.3 Å². The Morgan fingerprint density at radius 1 is 1.19 bits per heavy atom. The highest BCUT2D eigenvalue weighted by atomic mass is 32.2. The molecule has 0 spiro atoms. The molecule has 82 valence electrons. The third-order valence-corrected chi connectivity index (χ3v) is 2.81. The van der Waals surface area contributed by atoms with E-state index in [2.05, 4.69) is 0 Å². The van der Waals surface area contributed by atoms with Crippen LogP contribution in [-0.4, -0.2) is 11.2 Å². The molecule has 0 fully saturated rings. The predicted octanol–water partition coefficient (Wildman–Crippen LogP) is 1.72. The van der Waals surface area contributed by atoms with Gasteiger partial charge in [-0.05, 0) is 18.4 Å². The molecule has 0 atom stereocenters. The van der Waals surface area contributed by atoms with Crippen molar-refractivity contribution in [3.05, 3.63) is 51.2 Å². The van der Waals surface area contributed by atoms with Crippen LogP contribution in [0.5, 0.6) is 0 Å². The SMILES string of the molecule is CSc1ccc(-c2cc(=O)[nH]c(=O)o2)cc1. The summed E-state index contributed by atoms with van der Waals surface area (Å²) in [6.07, 6.45) is 1.97. The topological polar surface area (TPSA) is 63.1 Å². The van der Waals surface area contributed by atoms with Crippen LogP contribution in [0.25, 0.3) is 11.3 Å². The van der Waals surface area contributed by atoms with Crippen LogP contribution in [0.3, 0.4) is 0 Å². The Morgan fingerprint density at radius 3 is 2.44 bits per heavy atom. The zero-order valence-electron chi connectivity index (χ0n) is 8.52. The van der Waals surface area contributed by atoms with Gasteiger partial charge in [0.1, 0.15) is 5.76 Å². The first-order valence-electron chi connectivity index (χ1n) is 4.58. The van der Waals surface area contributed by atoms with Crippen LogP contribution in [0.15, 0.2) is 49.2 Å². The average molecular weight is 235 g/mol. The highest BCUT2D eigenvalue weighted by molar-refractivity contribution is 7.98. The first kappa shape index (κ1) is 10.8. The molecular weight excluding hydrogens is 226 g/mol. The van der Waals surface area contributed by atoms with Crippen molar-refractivity contribution in [1.82, 2.24) is 4.98 Å². The lowest BCUT2D eigenvalue weighted by Gasteiger charge is -2.00. The van der Waals surface area contributed by atoms with Gasteiger partial charge in [-0.2, -0.15) is 0 Å². The zero-order chi connectivity index (χ0) is 11.5. The van der Waals surface area contributed by atoms with Crippen LogP contribution < -0.4 is 11.3 Å². The molecule has 2 aromatic rings. The summed E-state index contributed by atoms with van der Waals surface area (Å²) in [5.74, 6) is -0.460. The van der Waals surface area contributed by atoms with E-state index in [0.717, 1.165) is 4.90 Å². The Morgan fingerprint density at radius 2 is 1.88 bits per heavy atom. The quantitative estimate of drug-likeness (QED) is 0.805. The number of nitrogens with one attached hydrogen (secondary N) is 1. The standard InChI is InChI=1S/C11H9NO3S/c1-16-8-4-2-7(3-5-8)9-6-10(13)12-11(14)15-9/h2-6H,1H3,(H,12,13,14). The van der Waals surface area contributed by atoms with Gasteiger partial charge in [0.2, 0.25) is 0 Å². The van der Waals surface area contributed by atoms with E-state index in [1.807, 2.05) is 35.5 Å². The van der Waals surface area contributed by atoms with Gasteiger partial charge >= 0.3 is 5.76 Å². The Hall–Kier alpha value is -1.75. The zero-order valence-corrected chi connectivity index (χ0v) is 9.34. The van der Waals surface area contributed by atoms with E-state index in [4.69, 9.17) is 4.42 Å². The molecule has 1 aromatic heterocycles. The molecule has 16 heavy (non-hydrogen) atoms. The second-order valence-electron chi connectivity index (χ2n) is 3.12. The van der Waals surface area contributed by atoms with Crippen LogP contribution in [0.2, 0.25) is 0 Å². The summed E-state index contributed by atoms with van der Waals surface area (Å²) in [6, 6.07) is 8.69. The fourth-order valence-corrected chi connectivity index (χ4v) is 1.72. The van der Waals surface area contributed by atoms with Crippen molar-refractivity contribution in [3.63, 3.8) is 0 Å². The summed E-state index contributed by atoms with van der Waals surface area (Å²) in [5.41, 5.74) is 0.251. The summed E-state index contributed by atoms with van der Waals surface area (Å²) in [7, 11) is 0. The second kappa shape index (κ2) is 4.40. The third-order valence-electron chi connectivity index (χ3n) is 2.06. The maximum atomic E-state index is 11.1. The van der Waals surface area contributed by atoms with Crippen molar-refractivity contribution in [2.45, 2.75) is 4.90 Å². The Balaban J connectivity index is 2.50. The minimum Gasteiger partial charge on any atom is -0.409 e. The van der Waals surface area contributed by atoms with E-state index in [9.17, 15) is 9.59 Å². The molecule has 0 unspecified atom stereocenters. The number of hydrogen-bond donors (Lipinski definition) is 1. The van der Waals surface area contributed by atoms with E-state index in [-0.39, 0.29) is 5.76 Å². The van der Waals surface area contributed by atoms with Gasteiger partial charge in [0.15, 0.2) is 0 Å². The molecule has 5 heteroatoms. The van der Waals surface area contributed by atoms with Crippen LogP contribution in [0.1, 0.15) is 0 Å². The molecule has 0 bridgehead atoms. The minimum atomic E-state index is -0.739. The second-order valence-corrected chi connectivity index (χ2v) is 4.00. The van der Waals surface area contributed by atoms with Crippen molar-refractivity contribution in [2.75, 3.05) is 6.26 Å². The van der Waals surface area contributed by atoms with Gasteiger partial charge in [-0.1, -0.05) is 12.1 Å². The average Bonchev–Trinajstić information content (AvgIpc) is 2.28. The largest absolute Gasteiger partial charge is 0.419 e. The van der Waals surface area contributed by atoms with E-state index in [1.165, 1.54) is 6.07 Å².